The summed E-state index contributed by atoms with van der Waals surface area (Å²) in [5.41, 5.74) is 1.06. The molecule has 7 heteroatoms. The predicted octanol–water partition coefficient (Wildman–Crippen LogP) is 2.04. The molecule has 0 unspecified atom stereocenters. The molecule has 1 amide bonds. The number of aromatic nitrogens is 2. The van der Waals surface area contributed by atoms with Crippen molar-refractivity contribution in [3.05, 3.63) is 54.6 Å². The van der Waals surface area contributed by atoms with E-state index in [2.05, 4.69) is 10.9 Å². The third-order valence-corrected chi connectivity index (χ3v) is 3.65. The first-order chi connectivity index (χ1) is 13.3. The maximum absolute atomic E-state index is 12.6. The first-order valence-corrected chi connectivity index (χ1v) is 8.79. The highest BCUT2D eigenvalue weighted by Gasteiger charge is 2.15. The van der Waals surface area contributed by atoms with Crippen LogP contribution in [0, 0.1) is 12.3 Å². The number of hydrogen-bond donors (Lipinski definition) is 0. The molecule has 0 saturated heterocycles. The molecule has 0 aliphatic carbocycles. The largest absolute Gasteiger partial charge is 0.377 e. The molecule has 0 aliphatic heterocycles. The van der Waals surface area contributed by atoms with Crippen LogP contribution in [0.1, 0.15) is 5.56 Å². The van der Waals surface area contributed by atoms with Crippen molar-refractivity contribution in [3.8, 4) is 12.3 Å². The quantitative estimate of drug-likeness (QED) is 0.422. The fraction of sp³-hybridized carbons (Fsp3) is 0.400. The second-order valence-corrected chi connectivity index (χ2v) is 5.64. The summed E-state index contributed by atoms with van der Waals surface area (Å²) >= 11 is 0. The van der Waals surface area contributed by atoms with Gasteiger partial charge in [-0.1, -0.05) is 36.3 Å². The first kappa shape index (κ1) is 20.6. The summed E-state index contributed by atoms with van der Waals surface area (Å²) in [5.74, 6) is 2.39. The van der Waals surface area contributed by atoms with Crippen molar-refractivity contribution in [2.45, 2.75) is 6.54 Å². The number of carbonyl (C=O) groups excluding carboxylic acids is 1. The van der Waals surface area contributed by atoms with Crippen LogP contribution in [0.3, 0.4) is 0 Å². The van der Waals surface area contributed by atoms with Gasteiger partial charge in [-0.3, -0.25) is 4.57 Å². The monoisotopic (exact) mass is 371 g/mol. The molecule has 0 N–H and O–H groups in total. The van der Waals surface area contributed by atoms with Gasteiger partial charge in [0.15, 0.2) is 0 Å². The molecule has 1 aromatic heterocycles. The van der Waals surface area contributed by atoms with Crippen molar-refractivity contribution in [1.82, 2.24) is 14.5 Å². The molecule has 27 heavy (non-hydrogen) atoms. The molecular formula is C20H25N3O4. The summed E-state index contributed by atoms with van der Waals surface area (Å²) in [5, 5.41) is 0. The lowest BCUT2D eigenvalue weighted by Gasteiger charge is -2.22. The zero-order chi connectivity index (χ0) is 19.2. The number of terminal acetylenes is 1. The molecule has 0 bridgehead atoms. The summed E-state index contributed by atoms with van der Waals surface area (Å²) < 4.78 is 17.5. The van der Waals surface area contributed by atoms with Crippen molar-refractivity contribution in [3.63, 3.8) is 0 Å². The Morgan fingerprint density at radius 1 is 1.07 bits per heavy atom. The van der Waals surface area contributed by atoms with Crippen LogP contribution in [0.15, 0.2) is 49.1 Å². The molecule has 2 rings (SSSR count). The molecule has 0 fully saturated rings. The minimum atomic E-state index is -0.137. The standard InChI is InChI=1S/C20H25N3O4/c1-2-11-25-13-15-27-16-14-26-12-10-22(17-19-6-4-3-5-7-19)20(24)23-9-8-21-18-23/h1,3-9,18H,10-17H2. The highest BCUT2D eigenvalue weighted by molar-refractivity contribution is 5.76. The first-order valence-electron chi connectivity index (χ1n) is 8.79. The summed E-state index contributed by atoms with van der Waals surface area (Å²) in [6.07, 6.45) is 9.80. The molecule has 0 aliphatic rings. The second kappa shape index (κ2) is 12.7. The van der Waals surface area contributed by atoms with E-state index in [-0.39, 0.29) is 6.03 Å². The average Bonchev–Trinajstić information content (AvgIpc) is 3.23. The Kier molecular flexibility index (Phi) is 9.68. The van der Waals surface area contributed by atoms with Crippen molar-refractivity contribution in [2.24, 2.45) is 0 Å². The van der Waals surface area contributed by atoms with Crippen LogP contribution in [0.25, 0.3) is 0 Å². The Morgan fingerprint density at radius 3 is 2.44 bits per heavy atom. The number of amides is 1. The van der Waals surface area contributed by atoms with Crippen LogP contribution >= 0.6 is 0 Å². The molecule has 0 radical (unpaired) electrons. The van der Waals surface area contributed by atoms with Gasteiger partial charge in [0, 0.05) is 25.5 Å². The van der Waals surface area contributed by atoms with Crippen molar-refractivity contribution in [2.75, 3.05) is 46.2 Å². The van der Waals surface area contributed by atoms with Crippen molar-refractivity contribution >= 4 is 6.03 Å². The minimum Gasteiger partial charge on any atom is -0.377 e. The lowest BCUT2D eigenvalue weighted by atomic mass is 10.2. The molecule has 0 saturated carbocycles. The van der Waals surface area contributed by atoms with E-state index >= 15 is 0 Å². The van der Waals surface area contributed by atoms with Crippen molar-refractivity contribution in [1.29, 1.82) is 0 Å². The van der Waals surface area contributed by atoms with Gasteiger partial charge in [0.25, 0.3) is 0 Å². The Balaban J connectivity index is 1.71. The maximum Gasteiger partial charge on any atom is 0.329 e. The van der Waals surface area contributed by atoms with Crippen LogP contribution in [0.2, 0.25) is 0 Å². The normalized spacial score (nSPS) is 10.5. The Hall–Kier alpha value is -2.66. The maximum atomic E-state index is 12.6. The molecule has 1 aromatic carbocycles. The summed E-state index contributed by atoms with van der Waals surface area (Å²) in [4.78, 5) is 18.3. The zero-order valence-electron chi connectivity index (χ0n) is 15.3. The third kappa shape index (κ3) is 8.05. The van der Waals surface area contributed by atoms with Crippen molar-refractivity contribution < 1.29 is 19.0 Å². The van der Waals surface area contributed by atoms with Crippen LogP contribution < -0.4 is 0 Å². The summed E-state index contributed by atoms with van der Waals surface area (Å²) in [6, 6.07) is 9.71. The lowest BCUT2D eigenvalue weighted by Crippen LogP contribution is -2.36. The fourth-order valence-corrected chi connectivity index (χ4v) is 2.33. The molecule has 1 heterocycles. The number of carbonyl (C=O) groups is 1. The van der Waals surface area contributed by atoms with Gasteiger partial charge in [0.1, 0.15) is 12.9 Å². The Bertz CT molecular complexity index is 683. The number of hydrogen-bond acceptors (Lipinski definition) is 5. The molecule has 144 valence electrons. The molecule has 7 nitrogen and oxygen atoms in total. The third-order valence-electron chi connectivity index (χ3n) is 3.65. The SMILES string of the molecule is C#CCOCCOCCOCCN(Cc1ccccc1)C(=O)n1ccnc1. The zero-order valence-corrected chi connectivity index (χ0v) is 15.3. The van der Waals surface area contributed by atoms with E-state index in [9.17, 15) is 4.79 Å². The molecular weight excluding hydrogens is 346 g/mol. The van der Waals surface area contributed by atoms with Gasteiger partial charge in [0.2, 0.25) is 0 Å². The van der Waals surface area contributed by atoms with E-state index in [1.807, 2.05) is 30.3 Å². The number of benzene rings is 1. The van der Waals surface area contributed by atoms with Gasteiger partial charge >= 0.3 is 6.03 Å². The smallest absolute Gasteiger partial charge is 0.329 e. The summed E-state index contributed by atoms with van der Waals surface area (Å²) in [7, 11) is 0. The number of rotatable bonds is 12. The van der Waals surface area contributed by atoms with Crippen LogP contribution in [0.4, 0.5) is 4.79 Å². The highest BCUT2D eigenvalue weighted by atomic mass is 16.5. The van der Waals surface area contributed by atoms with E-state index in [1.165, 1.54) is 10.9 Å². The fourth-order valence-electron chi connectivity index (χ4n) is 2.33. The number of ether oxygens (including phenoxy) is 3. The van der Waals surface area contributed by atoms with E-state index in [0.717, 1.165) is 5.56 Å². The number of imidazole rings is 1. The van der Waals surface area contributed by atoms with Crippen LogP contribution in [-0.2, 0) is 20.8 Å². The minimum absolute atomic E-state index is 0.137. The Morgan fingerprint density at radius 2 is 1.78 bits per heavy atom. The molecule has 0 atom stereocenters. The van der Waals surface area contributed by atoms with Gasteiger partial charge in [-0.05, 0) is 5.56 Å². The van der Waals surface area contributed by atoms with E-state index in [1.54, 1.807) is 17.3 Å². The highest BCUT2D eigenvalue weighted by Crippen LogP contribution is 2.06. The molecule has 0 spiro atoms. The van der Waals surface area contributed by atoms with E-state index in [0.29, 0.717) is 52.7 Å². The van der Waals surface area contributed by atoms with Gasteiger partial charge in [0.05, 0.1) is 33.0 Å². The predicted molar refractivity (Wildman–Crippen MR) is 101 cm³/mol. The topological polar surface area (TPSA) is 65.8 Å². The average molecular weight is 371 g/mol. The van der Waals surface area contributed by atoms with Gasteiger partial charge in [-0.25, -0.2) is 9.78 Å². The van der Waals surface area contributed by atoms with Gasteiger partial charge in [-0.2, -0.15) is 0 Å². The van der Waals surface area contributed by atoms with Gasteiger partial charge in [-0.15, -0.1) is 6.42 Å². The second-order valence-electron chi connectivity index (χ2n) is 5.64. The van der Waals surface area contributed by atoms with Crippen LogP contribution in [0.5, 0.6) is 0 Å². The Labute approximate surface area is 159 Å². The molecule has 2 aromatic rings. The summed E-state index contributed by atoms with van der Waals surface area (Å²) in [6.45, 7) is 3.55. The van der Waals surface area contributed by atoms with E-state index in [4.69, 9.17) is 20.6 Å². The lowest BCUT2D eigenvalue weighted by molar-refractivity contribution is 0.0170. The van der Waals surface area contributed by atoms with E-state index < -0.39 is 0 Å². The number of nitrogens with zero attached hydrogens (tertiary/aromatic N) is 3. The van der Waals surface area contributed by atoms with Crippen LogP contribution in [-0.4, -0.2) is 66.7 Å². The van der Waals surface area contributed by atoms with Gasteiger partial charge < -0.3 is 19.1 Å².